The fourth-order valence-electron chi connectivity index (χ4n) is 3.98. The number of halogens is 1. The first-order valence-electron chi connectivity index (χ1n) is 10.3. The van der Waals surface area contributed by atoms with Gasteiger partial charge in [0, 0.05) is 17.1 Å². The van der Waals surface area contributed by atoms with E-state index >= 15 is 0 Å². The fraction of sp³-hybridized carbons (Fsp3) is 0.0370. The van der Waals surface area contributed by atoms with Crippen molar-refractivity contribution in [1.82, 2.24) is 0 Å². The largest absolute Gasteiger partial charge is 0.497 e. The van der Waals surface area contributed by atoms with E-state index in [-0.39, 0.29) is 11.3 Å². The lowest BCUT2D eigenvalue weighted by molar-refractivity contribution is -0.120. The summed E-state index contributed by atoms with van der Waals surface area (Å²) in [6, 6.07) is 25.7. The van der Waals surface area contributed by atoms with Crippen LogP contribution in [0.1, 0.15) is 5.56 Å². The number of anilines is 2. The first kappa shape index (κ1) is 20.5. The van der Waals surface area contributed by atoms with Crippen LogP contribution in [0.4, 0.5) is 15.8 Å². The molecule has 2 amide bonds. The molecule has 1 aliphatic rings. The molecule has 0 spiro atoms. The van der Waals surface area contributed by atoms with Crippen LogP contribution in [0.15, 0.2) is 96.7 Å². The maximum atomic E-state index is 13.6. The number of fused-ring (bicyclic) bond motifs is 1. The normalized spacial score (nSPS) is 13.7. The molecular weight excluding hydrogens is 419 g/mol. The number of benzene rings is 4. The number of imide groups is 1. The van der Waals surface area contributed by atoms with E-state index in [2.05, 4.69) is 5.32 Å². The van der Waals surface area contributed by atoms with Gasteiger partial charge in [0.1, 0.15) is 17.3 Å². The van der Waals surface area contributed by atoms with Crippen LogP contribution < -0.4 is 15.0 Å². The number of amides is 2. The van der Waals surface area contributed by atoms with Crippen molar-refractivity contribution in [2.45, 2.75) is 0 Å². The third-order valence-electron chi connectivity index (χ3n) is 5.58. The second-order valence-corrected chi connectivity index (χ2v) is 7.56. The average molecular weight is 438 g/mol. The highest BCUT2D eigenvalue weighted by Crippen LogP contribution is 2.36. The van der Waals surface area contributed by atoms with Crippen LogP contribution in [0.25, 0.3) is 16.3 Å². The minimum absolute atomic E-state index is 0.130. The molecule has 0 aliphatic carbocycles. The zero-order chi connectivity index (χ0) is 22.9. The van der Waals surface area contributed by atoms with E-state index in [0.717, 1.165) is 15.7 Å². The molecule has 1 heterocycles. The van der Waals surface area contributed by atoms with Gasteiger partial charge in [0.15, 0.2) is 0 Å². The van der Waals surface area contributed by atoms with Gasteiger partial charge < -0.3 is 10.1 Å². The number of hydrogen-bond acceptors (Lipinski definition) is 4. The van der Waals surface area contributed by atoms with Gasteiger partial charge in [0.05, 0.1) is 18.4 Å². The van der Waals surface area contributed by atoms with Crippen molar-refractivity contribution < 1.29 is 18.7 Å². The number of rotatable bonds is 5. The van der Waals surface area contributed by atoms with Crippen molar-refractivity contribution in [3.63, 3.8) is 0 Å². The summed E-state index contributed by atoms with van der Waals surface area (Å²) in [7, 11) is 1.52. The van der Waals surface area contributed by atoms with Gasteiger partial charge in [-0.05, 0) is 41.3 Å². The van der Waals surface area contributed by atoms with Crippen LogP contribution in [0, 0.1) is 5.82 Å². The molecule has 1 aliphatic heterocycles. The van der Waals surface area contributed by atoms with Gasteiger partial charge in [0.2, 0.25) is 0 Å². The predicted octanol–water partition coefficient (Wildman–Crippen LogP) is 5.38. The highest BCUT2D eigenvalue weighted by molar-refractivity contribution is 6.46. The van der Waals surface area contributed by atoms with Crippen molar-refractivity contribution in [1.29, 1.82) is 0 Å². The lowest BCUT2D eigenvalue weighted by Crippen LogP contribution is -2.32. The number of nitrogens with zero attached hydrogens (tertiary/aromatic N) is 1. The molecule has 0 saturated heterocycles. The van der Waals surface area contributed by atoms with Crippen LogP contribution in [0.3, 0.4) is 0 Å². The first-order chi connectivity index (χ1) is 16.1. The Labute approximate surface area is 189 Å². The number of methoxy groups -OCH3 is 1. The van der Waals surface area contributed by atoms with Gasteiger partial charge in [-0.15, -0.1) is 0 Å². The topological polar surface area (TPSA) is 58.6 Å². The quantitative estimate of drug-likeness (QED) is 0.425. The van der Waals surface area contributed by atoms with Crippen molar-refractivity contribution >= 4 is 39.5 Å². The molecule has 6 heteroatoms. The zero-order valence-corrected chi connectivity index (χ0v) is 17.7. The minimum atomic E-state index is -0.500. The SMILES string of the molecule is COc1cccc(N2C(=O)C(Nc3cccc4ccccc34)=C(c3ccc(F)cc3)C2=O)c1. The molecule has 0 fully saturated rings. The molecule has 0 radical (unpaired) electrons. The molecule has 0 saturated carbocycles. The lowest BCUT2D eigenvalue weighted by atomic mass is 10.0. The van der Waals surface area contributed by atoms with E-state index in [4.69, 9.17) is 4.74 Å². The van der Waals surface area contributed by atoms with Gasteiger partial charge in [-0.25, -0.2) is 9.29 Å². The molecule has 162 valence electrons. The number of carbonyl (C=O) groups excluding carboxylic acids is 2. The van der Waals surface area contributed by atoms with E-state index in [0.29, 0.717) is 22.7 Å². The Hall–Kier alpha value is -4.45. The summed E-state index contributed by atoms with van der Waals surface area (Å²) in [5.74, 6) is -0.903. The Morgan fingerprint density at radius 1 is 0.818 bits per heavy atom. The van der Waals surface area contributed by atoms with Gasteiger partial charge in [-0.3, -0.25) is 9.59 Å². The Kier molecular flexibility index (Phi) is 5.11. The summed E-state index contributed by atoms with van der Waals surface area (Å²) in [5.41, 5.74) is 1.83. The number of nitrogens with one attached hydrogen (secondary N) is 1. The number of hydrogen-bond donors (Lipinski definition) is 1. The molecule has 4 aromatic carbocycles. The molecule has 0 atom stereocenters. The van der Waals surface area contributed by atoms with Gasteiger partial charge in [0.25, 0.3) is 11.8 Å². The van der Waals surface area contributed by atoms with Crippen LogP contribution in [-0.4, -0.2) is 18.9 Å². The Bertz CT molecular complexity index is 1420. The van der Waals surface area contributed by atoms with Crippen LogP contribution in [0.5, 0.6) is 5.75 Å². The zero-order valence-electron chi connectivity index (χ0n) is 17.7. The average Bonchev–Trinajstić information content (AvgIpc) is 3.09. The molecule has 1 N–H and O–H groups in total. The first-order valence-corrected chi connectivity index (χ1v) is 10.3. The van der Waals surface area contributed by atoms with Crippen LogP contribution >= 0.6 is 0 Å². The predicted molar refractivity (Wildman–Crippen MR) is 126 cm³/mol. The Morgan fingerprint density at radius 2 is 1.55 bits per heavy atom. The summed E-state index contributed by atoms with van der Waals surface area (Å²) in [6.07, 6.45) is 0. The fourth-order valence-corrected chi connectivity index (χ4v) is 3.98. The molecule has 5 rings (SSSR count). The third-order valence-corrected chi connectivity index (χ3v) is 5.58. The molecule has 0 aromatic heterocycles. The molecule has 0 unspecified atom stereocenters. The maximum absolute atomic E-state index is 13.6. The highest BCUT2D eigenvalue weighted by Gasteiger charge is 2.40. The van der Waals surface area contributed by atoms with Gasteiger partial charge in [-0.2, -0.15) is 0 Å². The summed E-state index contributed by atoms with van der Waals surface area (Å²) in [5, 5.41) is 5.10. The van der Waals surface area contributed by atoms with Crippen molar-refractivity contribution in [3.05, 3.63) is 108 Å². The van der Waals surface area contributed by atoms with Crippen molar-refractivity contribution in [3.8, 4) is 5.75 Å². The smallest absolute Gasteiger partial charge is 0.282 e. The standard InChI is InChI=1S/C27H19FN2O3/c1-33-21-9-5-8-20(16-21)30-26(31)24(18-12-14-19(28)15-13-18)25(27(30)32)29-23-11-4-7-17-6-2-3-10-22(17)23/h2-16,29H,1H3. The summed E-state index contributed by atoms with van der Waals surface area (Å²) in [6.45, 7) is 0. The second-order valence-electron chi connectivity index (χ2n) is 7.56. The van der Waals surface area contributed by atoms with Crippen molar-refractivity contribution in [2.75, 3.05) is 17.3 Å². The van der Waals surface area contributed by atoms with E-state index < -0.39 is 17.6 Å². The maximum Gasteiger partial charge on any atom is 0.282 e. The summed E-state index contributed by atoms with van der Waals surface area (Å²) >= 11 is 0. The van der Waals surface area contributed by atoms with E-state index in [1.54, 1.807) is 24.3 Å². The molecule has 33 heavy (non-hydrogen) atoms. The van der Waals surface area contributed by atoms with Gasteiger partial charge >= 0.3 is 0 Å². The van der Waals surface area contributed by atoms with Crippen LogP contribution in [-0.2, 0) is 9.59 Å². The number of carbonyl (C=O) groups is 2. The van der Waals surface area contributed by atoms with E-state index in [9.17, 15) is 14.0 Å². The van der Waals surface area contributed by atoms with Crippen molar-refractivity contribution in [2.24, 2.45) is 0 Å². The molecule has 4 aromatic rings. The minimum Gasteiger partial charge on any atom is -0.497 e. The lowest BCUT2D eigenvalue weighted by Gasteiger charge is -2.16. The monoisotopic (exact) mass is 438 g/mol. The molecule has 5 nitrogen and oxygen atoms in total. The third kappa shape index (κ3) is 3.61. The number of ether oxygens (including phenoxy) is 1. The Morgan fingerprint density at radius 3 is 2.33 bits per heavy atom. The van der Waals surface area contributed by atoms with Crippen LogP contribution in [0.2, 0.25) is 0 Å². The Balaban J connectivity index is 1.65. The molecular formula is C27H19FN2O3. The highest BCUT2D eigenvalue weighted by atomic mass is 19.1. The summed E-state index contributed by atoms with van der Waals surface area (Å²) in [4.78, 5) is 28.2. The summed E-state index contributed by atoms with van der Waals surface area (Å²) < 4.78 is 18.8. The van der Waals surface area contributed by atoms with E-state index in [1.165, 1.54) is 31.4 Å². The van der Waals surface area contributed by atoms with Gasteiger partial charge in [-0.1, -0.05) is 54.6 Å². The van der Waals surface area contributed by atoms with E-state index in [1.807, 2.05) is 42.5 Å². The second kappa shape index (κ2) is 8.24. The molecule has 0 bridgehead atoms.